The number of aromatic nitrogens is 2. The summed E-state index contributed by atoms with van der Waals surface area (Å²) in [4.78, 5) is 4.98. The standard InChI is InChI=1S/C16H25N3/c1-2-11-19-15(17)14(12-7-3-4-8-12)18-16(19)13-9-5-6-10-13/h2,12-13H,1,3-11,17H2. The Balaban J connectivity index is 1.96. The van der Waals surface area contributed by atoms with Crippen LogP contribution in [0.4, 0.5) is 5.82 Å². The Morgan fingerprint density at radius 2 is 1.68 bits per heavy atom. The first-order valence-corrected chi connectivity index (χ1v) is 7.78. The lowest BCUT2D eigenvalue weighted by molar-refractivity contribution is 0.615. The fraction of sp³-hybridized carbons (Fsp3) is 0.688. The minimum Gasteiger partial charge on any atom is -0.384 e. The molecule has 1 aromatic rings. The number of hydrogen-bond donors (Lipinski definition) is 1. The van der Waals surface area contributed by atoms with Crippen LogP contribution in [0.3, 0.4) is 0 Å². The minimum atomic E-state index is 0.603. The molecule has 0 amide bonds. The molecular formula is C16H25N3. The van der Waals surface area contributed by atoms with E-state index in [4.69, 9.17) is 10.7 Å². The van der Waals surface area contributed by atoms with Crippen LogP contribution in [0, 0.1) is 0 Å². The predicted octanol–water partition coefficient (Wildman–Crippen LogP) is 3.97. The number of nitrogens with zero attached hydrogens (tertiary/aromatic N) is 2. The summed E-state index contributed by atoms with van der Waals surface area (Å²) < 4.78 is 2.22. The lowest BCUT2D eigenvalue weighted by Crippen LogP contribution is -2.09. The van der Waals surface area contributed by atoms with Crippen molar-refractivity contribution in [1.29, 1.82) is 0 Å². The Kier molecular flexibility index (Phi) is 3.63. The molecule has 0 atom stereocenters. The summed E-state index contributed by atoms with van der Waals surface area (Å²) in [7, 11) is 0. The topological polar surface area (TPSA) is 43.8 Å². The van der Waals surface area contributed by atoms with E-state index in [0.717, 1.165) is 12.4 Å². The van der Waals surface area contributed by atoms with E-state index in [1.165, 1.54) is 62.9 Å². The summed E-state index contributed by atoms with van der Waals surface area (Å²) in [5.74, 6) is 3.37. The number of nitrogen functional groups attached to an aromatic ring is 1. The molecule has 0 bridgehead atoms. The molecule has 0 aliphatic heterocycles. The van der Waals surface area contributed by atoms with Gasteiger partial charge in [-0.2, -0.15) is 0 Å². The van der Waals surface area contributed by atoms with E-state index in [-0.39, 0.29) is 0 Å². The van der Waals surface area contributed by atoms with Gasteiger partial charge >= 0.3 is 0 Å². The molecule has 0 spiro atoms. The van der Waals surface area contributed by atoms with Crippen LogP contribution in [0.5, 0.6) is 0 Å². The number of rotatable bonds is 4. The number of allylic oxidation sites excluding steroid dienone is 1. The molecule has 0 saturated heterocycles. The Morgan fingerprint density at radius 3 is 2.26 bits per heavy atom. The van der Waals surface area contributed by atoms with Gasteiger partial charge in [-0.15, -0.1) is 6.58 Å². The molecule has 2 fully saturated rings. The summed E-state index contributed by atoms with van der Waals surface area (Å²) in [6.07, 6.45) is 12.4. The van der Waals surface area contributed by atoms with Crippen molar-refractivity contribution < 1.29 is 0 Å². The fourth-order valence-corrected chi connectivity index (χ4v) is 3.82. The van der Waals surface area contributed by atoms with Crippen molar-refractivity contribution in [2.45, 2.75) is 69.7 Å². The number of nitrogens with two attached hydrogens (primary N) is 1. The van der Waals surface area contributed by atoms with E-state index in [1.54, 1.807) is 0 Å². The van der Waals surface area contributed by atoms with Crippen LogP contribution in [-0.2, 0) is 6.54 Å². The third kappa shape index (κ3) is 2.31. The largest absolute Gasteiger partial charge is 0.384 e. The predicted molar refractivity (Wildman–Crippen MR) is 79.3 cm³/mol. The number of hydrogen-bond acceptors (Lipinski definition) is 2. The Morgan fingerprint density at radius 1 is 1.11 bits per heavy atom. The normalized spacial score (nSPS) is 21.3. The van der Waals surface area contributed by atoms with Crippen LogP contribution < -0.4 is 5.73 Å². The van der Waals surface area contributed by atoms with Gasteiger partial charge in [-0.3, -0.25) is 0 Å². The molecule has 0 unspecified atom stereocenters. The second-order valence-electron chi connectivity index (χ2n) is 6.10. The monoisotopic (exact) mass is 259 g/mol. The summed E-state index contributed by atoms with van der Waals surface area (Å²) in [6.45, 7) is 4.67. The Bertz CT molecular complexity index is 449. The lowest BCUT2D eigenvalue weighted by Gasteiger charge is -2.12. The molecule has 2 N–H and O–H groups in total. The van der Waals surface area contributed by atoms with Crippen molar-refractivity contribution in [3.8, 4) is 0 Å². The number of imidazole rings is 1. The van der Waals surface area contributed by atoms with Gasteiger partial charge < -0.3 is 10.3 Å². The van der Waals surface area contributed by atoms with Gasteiger partial charge in [0.2, 0.25) is 0 Å². The van der Waals surface area contributed by atoms with Crippen molar-refractivity contribution in [2.24, 2.45) is 0 Å². The van der Waals surface area contributed by atoms with Crippen LogP contribution in [0.15, 0.2) is 12.7 Å². The van der Waals surface area contributed by atoms with Crippen LogP contribution in [-0.4, -0.2) is 9.55 Å². The third-order valence-corrected chi connectivity index (χ3v) is 4.84. The summed E-state index contributed by atoms with van der Waals surface area (Å²) in [6, 6.07) is 0. The molecule has 104 valence electrons. The van der Waals surface area contributed by atoms with Crippen molar-refractivity contribution in [1.82, 2.24) is 9.55 Å². The fourth-order valence-electron chi connectivity index (χ4n) is 3.82. The Hall–Kier alpha value is -1.25. The SMILES string of the molecule is C=CCn1c(C2CCCC2)nc(C2CCCC2)c1N. The van der Waals surface area contributed by atoms with Crippen LogP contribution >= 0.6 is 0 Å². The summed E-state index contributed by atoms with van der Waals surface area (Å²) in [5.41, 5.74) is 7.57. The smallest absolute Gasteiger partial charge is 0.127 e. The molecule has 19 heavy (non-hydrogen) atoms. The zero-order valence-electron chi connectivity index (χ0n) is 11.8. The van der Waals surface area contributed by atoms with E-state index in [2.05, 4.69) is 11.1 Å². The average Bonchev–Trinajstić information content (AvgIpc) is 3.11. The van der Waals surface area contributed by atoms with E-state index < -0.39 is 0 Å². The van der Waals surface area contributed by atoms with Crippen molar-refractivity contribution in [3.05, 3.63) is 24.2 Å². The summed E-state index contributed by atoms with van der Waals surface area (Å²) in [5, 5.41) is 0. The maximum Gasteiger partial charge on any atom is 0.127 e. The molecule has 3 heteroatoms. The van der Waals surface area contributed by atoms with Crippen LogP contribution in [0.1, 0.15) is 74.7 Å². The zero-order chi connectivity index (χ0) is 13.2. The van der Waals surface area contributed by atoms with Crippen LogP contribution in [0.25, 0.3) is 0 Å². The van der Waals surface area contributed by atoms with Crippen molar-refractivity contribution >= 4 is 5.82 Å². The van der Waals surface area contributed by atoms with Gasteiger partial charge in [0.1, 0.15) is 11.6 Å². The van der Waals surface area contributed by atoms with Crippen LogP contribution in [0.2, 0.25) is 0 Å². The quantitative estimate of drug-likeness (QED) is 0.832. The van der Waals surface area contributed by atoms with Gasteiger partial charge in [0.05, 0.1) is 5.69 Å². The van der Waals surface area contributed by atoms with Gasteiger partial charge in [0, 0.05) is 18.4 Å². The van der Waals surface area contributed by atoms with Gasteiger partial charge in [-0.25, -0.2) is 4.98 Å². The molecule has 0 aromatic carbocycles. The van der Waals surface area contributed by atoms with Gasteiger partial charge in [-0.1, -0.05) is 31.8 Å². The van der Waals surface area contributed by atoms with Gasteiger partial charge in [0.25, 0.3) is 0 Å². The highest BCUT2D eigenvalue weighted by molar-refractivity contribution is 5.42. The number of anilines is 1. The highest BCUT2D eigenvalue weighted by Crippen LogP contribution is 2.40. The molecule has 2 aliphatic carbocycles. The lowest BCUT2D eigenvalue weighted by atomic mass is 10.0. The summed E-state index contributed by atoms with van der Waals surface area (Å²) >= 11 is 0. The molecule has 3 nitrogen and oxygen atoms in total. The second kappa shape index (κ2) is 5.40. The molecule has 1 heterocycles. The Labute approximate surface area is 115 Å². The second-order valence-corrected chi connectivity index (χ2v) is 6.10. The minimum absolute atomic E-state index is 0.603. The highest BCUT2D eigenvalue weighted by Gasteiger charge is 2.29. The first-order valence-electron chi connectivity index (χ1n) is 7.78. The van der Waals surface area contributed by atoms with Gasteiger partial charge in [0.15, 0.2) is 0 Å². The first-order chi connectivity index (χ1) is 9.31. The average molecular weight is 259 g/mol. The zero-order valence-corrected chi connectivity index (χ0v) is 11.8. The van der Waals surface area contributed by atoms with E-state index in [9.17, 15) is 0 Å². The maximum atomic E-state index is 6.39. The molecule has 0 radical (unpaired) electrons. The van der Waals surface area contributed by atoms with E-state index in [1.807, 2.05) is 6.08 Å². The molecule has 2 aliphatic rings. The molecule has 1 aromatic heterocycles. The third-order valence-electron chi connectivity index (χ3n) is 4.84. The van der Waals surface area contributed by atoms with Gasteiger partial charge in [-0.05, 0) is 25.7 Å². The molecular weight excluding hydrogens is 234 g/mol. The van der Waals surface area contributed by atoms with Crippen molar-refractivity contribution in [2.75, 3.05) is 5.73 Å². The molecule has 2 saturated carbocycles. The molecule has 3 rings (SSSR count). The first kappa shape index (κ1) is 12.8. The van der Waals surface area contributed by atoms with E-state index in [0.29, 0.717) is 11.8 Å². The van der Waals surface area contributed by atoms with Crippen molar-refractivity contribution in [3.63, 3.8) is 0 Å². The van der Waals surface area contributed by atoms with E-state index >= 15 is 0 Å². The maximum absolute atomic E-state index is 6.39. The highest BCUT2D eigenvalue weighted by atomic mass is 15.1.